The van der Waals surface area contributed by atoms with Crippen LogP contribution in [0.25, 0.3) is 5.13 Å². The normalized spacial score (nSPS) is 10.7. The highest BCUT2D eigenvalue weighted by molar-refractivity contribution is 7.16. The molecule has 3 aromatic rings. The summed E-state index contributed by atoms with van der Waals surface area (Å²) in [7, 11) is 0. The number of hydrogen-bond acceptors (Lipinski definition) is 4. The summed E-state index contributed by atoms with van der Waals surface area (Å²) < 4.78 is 1.91. The minimum Gasteiger partial charge on any atom is -0.346 e. The van der Waals surface area contributed by atoms with Crippen molar-refractivity contribution in [1.82, 2.24) is 14.9 Å². The summed E-state index contributed by atoms with van der Waals surface area (Å²) in [5, 5.41) is 5.75. The predicted octanol–water partition coefficient (Wildman–Crippen LogP) is 3.23. The molecule has 0 spiro atoms. The fourth-order valence-corrected chi connectivity index (χ4v) is 3.42. The lowest BCUT2D eigenvalue weighted by molar-refractivity contribution is 0.0954. The number of hydrogen-bond donors (Lipinski definition) is 1. The number of thiophene rings is 1. The van der Waals surface area contributed by atoms with E-state index in [1.54, 1.807) is 11.3 Å². The predicted molar refractivity (Wildman–Crippen MR) is 81.7 cm³/mol. The van der Waals surface area contributed by atoms with Gasteiger partial charge in [-0.2, -0.15) is 0 Å². The van der Waals surface area contributed by atoms with Crippen molar-refractivity contribution in [3.63, 3.8) is 0 Å². The van der Waals surface area contributed by atoms with Gasteiger partial charge in [-0.05, 0) is 30.5 Å². The highest BCUT2D eigenvalue weighted by Gasteiger charge is 2.15. The summed E-state index contributed by atoms with van der Waals surface area (Å²) in [6.45, 7) is 2.43. The molecule has 4 nitrogen and oxygen atoms in total. The van der Waals surface area contributed by atoms with E-state index >= 15 is 0 Å². The molecule has 0 aliphatic heterocycles. The molecule has 1 N–H and O–H groups in total. The molecule has 0 aliphatic carbocycles. The van der Waals surface area contributed by atoms with Gasteiger partial charge in [0.25, 0.3) is 5.91 Å². The van der Waals surface area contributed by atoms with Crippen molar-refractivity contribution in [2.75, 3.05) is 0 Å². The monoisotopic (exact) mass is 303 g/mol. The summed E-state index contributed by atoms with van der Waals surface area (Å²) in [6, 6.07) is 7.87. The molecule has 0 bridgehead atoms. The molecule has 0 unspecified atom stereocenters. The molecule has 0 aliphatic rings. The van der Waals surface area contributed by atoms with Crippen molar-refractivity contribution >= 4 is 28.6 Å². The van der Waals surface area contributed by atoms with Gasteiger partial charge < -0.3 is 9.88 Å². The Balaban J connectivity index is 1.75. The lowest BCUT2D eigenvalue weighted by atomic mass is 10.3. The van der Waals surface area contributed by atoms with Crippen LogP contribution in [0.1, 0.15) is 20.2 Å². The van der Waals surface area contributed by atoms with Crippen molar-refractivity contribution in [2.24, 2.45) is 0 Å². The molecular weight excluding hydrogens is 290 g/mol. The number of nitrogens with one attached hydrogen (secondary N) is 1. The zero-order valence-electron chi connectivity index (χ0n) is 10.9. The average Bonchev–Trinajstić information content (AvgIpc) is 3.17. The molecule has 20 heavy (non-hydrogen) atoms. The average molecular weight is 303 g/mol. The van der Waals surface area contributed by atoms with Crippen LogP contribution < -0.4 is 5.32 Å². The first-order chi connectivity index (χ1) is 9.74. The second-order valence-electron chi connectivity index (χ2n) is 4.26. The summed E-state index contributed by atoms with van der Waals surface area (Å²) in [6.07, 6.45) is 3.84. The van der Waals surface area contributed by atoms with Crippen LogP contribution in [0.3, 0.4) is 0 Å². The summed E-state index contributed by atoms with van der Waals surface area (Å²) in [4.78, 5) is 18.5. The number of rotatable bonds is 4. The van der Waals surface area contributed by atoms with E-state index in [4.69, 9.17) is 0 Å². The van der Waals surface area contributed by atoms with Gasteiger partial charge in [0.15, 0.2) is 5.13 Å². The zero-order chi connectivity index (χ0) is 13.9. The molecule has 1 amide bonds. The van der Waals surface area contributed by atoms with E-state index in [2.05, 4.69) is 10.3 Å². The van der Waals surface area contributed by atoms with Gasteiger partial charge in [0.05, 0.1) is 12.2 Å². The molecule has 3 heterocycles. The fraction of sp³-hybridized carbons (Fsp3) is 0.143. The summed E-state index contributed by atoms with van der Waals surface area (Å²) in [5.74, 6) is -0.0631. The number of aryl methyl sites for hydroxylation is 1. The third kappa shape index (κ3) is 2.66. The van der Waals surface area contributed by atoms with E-state index in [9.17, 15) is 4.79 Å². The van der Waals surface area contributed by atoms with Crippen LogP contribution in [0.5, 0.6) is 0 Å². The molecule has 0 fully saturated rings. The second-order valence-corrected chi connectivity index (χ2v) is 6.27. The smallest absolute Gasteiger partial charge is 0.263 e. The van der Waals surface area contributed by atoms with E-state index in [-0.39, 0.29) is 5.91 Å². The summed E-state index contributed by atoms with van der Waals surface area (Å²) in [5.41, 5.74) is 0.766. The molecule has 102 valence electrons. The molecule has 0 radical (unpaired) electrons. The summed E-state index contributed by atoms with van der Waals surface area (Å²) >= 11 is 3.04. The highest BCUT2D eigenvalue weighted by atomic mass is 32.1. The van der Waals surface area contributed by atoms with E-state index in [0.29, 0.717) is 11.4 Å². The van der Waals surface area contributed by atoms with E-state index in [1.807, 2.05) is 53.5 Å². The first kappa shape index (κ1) is 13.1. The lowest BCUT2D eigenvalue weighted by Crippen LogP contribution is -2.22. The largest absolute Gasteiger partial charge is 0.346 e. The number of carbonyl (C=O) groups excluding carboxylic acids is 1. The van der Waals surface area contributed by atoms with Crippen molar-refractivity contribution in [3.05, 3.63) is 57.5 Å². The van der Waals surface area contributed by atoms with Crippen molar-refractivity contribution in [3.8, 4) is 5.13 Å². The first-order valence-electron chi connectivity index (χ1n) is 6.15. The van der Waals surface area contributed by atoms with Crippen LogP contribution in [-0.4, -0.2) is 15.5 Å². The van der Waals surface area contributed by atoms with Crippen molar-refractivity contribution in [1.29, 1.82) is 0 Å². The Morgan fingerprint density at radius 2 is 2.15 bits per heavy atom. The van der Waals surface area contributed by atoms with Crippen molar-refractivity contribution < 1.29 is 4.79 Å². The van der Waals surface area contributed by atoms with Gasteiger partial charge >= 0.3 is 0 Å². The van der Waals surface area contributed by atoms with E-state index < -0.39 is 0 Å². The molecular formula is C14H13N3OS2. The van der Waals surface area contributed by atoms with Crippen LogP contribution in [-0.2, 0) is 6.54 Å². The molecule has 0 saturated heterocycles. The third-order valence-corrected chi connectivity index (χ3v) is 4.87. The third-order valence-electron chi connectivity index (χ3n) is 2.82. The SMILES string of the molecule is Cc1nc(-n2cccc2)sc1C(=O)NCc1cccs1. The maximum absolute atomic E-state index is 12.2. The minimum atomic E-state index is -0.0631. The van der Waals surface area contributed by atoms with Gasteiger partial charge in [-0.3, -0.25) is 4.79 Å². The Hall–Kier alpha value is -1.92. The Bertz CT molecular complexity index is 699. The topological polar surface area (TPSA) is 46.9 Å². The lowest BCUT2D eigenvalue weighted by Gasteiger charge is -2.01. The van der Waals surface area contributed by atoms with Gasteiger partial charge in [0, 0.05) is 17.3 Å². The minimum absolute atomic E-state index is 0.0631. The maximum Gasteiger partial charge on any atom is 0.263 e. The Morgan fingerprint density at radius 3 is 2.85 bits per heavy atom. The number of nitrogens with zero attached hydrogens (tertiary/aromatic N) is 2. The molecule has 3 aromatic heterocycles. The van der Waals surface area contributed by atoms with Gasteiger partial charge in [-0.15, -0.1) is 11.3 Å². The van der Waals surface area contributed by atoms with Gasteiger partial charge in [0.2, 0.25) is 0 Å². The Labute approximate surface area is 124 Å². The fourth-order valence-electron chi connectivity index (χ4n) is 1.83. The molecule has 0 atom stereocenters. The van der Waals surface area contributed by atoms with Crippen LogP contribution in [0, 0.1) is 6.92 Å². The van der Waals surface area contributed by atoms with Crippen LogP contribution >= 0.6 is 22.7 Å². The zero-order valence-corrected chi connectivity index (χ0v) is 12.5. The molecule has 0 saturated carbocycles. The number of aromatic nitrogens is 2. The van der Waals surface area contributed by atoms with Crippen LogP contribution in [0.2, 0.25) is 0 Å². The number of thiazole rings is 1. The molecule has 0 aromatic carbocycles. The number of amides is 1. The van der Waals surface area contributed by atoms with E-state index in [0.717, 1.165) is 15.7 Å². The van der Waals surface area contributed by atoms with Crippen LogP contribution in [0.15, 0.2) is 42.0 Å². The quantitative estimate of drug-likeness (QED) is 0.804. The Kier molecular flexibility index (Phi) is 3.66. The Morgan fingerprint density at radius 1 is 1.35 bits per heavy atom. The first-order valence-corrected chi connectivity index (χ1v) is 7.85. The standard InChI is InChI=1S/C14H13N3OS2/c1-10-12(13(18)15-9-11-5-4-8-19-11)20-14(16-10)17-6-2-3-7-17/h2-8H,9H2,1H3,(H,15,18). The van der Waals surface area contributed by atoms with Crippen LogP contribution in [0.4, 0.5) is 0 Å². The van der Waals surface area contributed by atoms with E-state index in [1.165, 1.54) is 11.3 Å². The maximum atomic E-state index is 12.2. The number of carbonyl (C=O) groups is 1. The second kappa shape index (κ2) is 5.60. The molecule has 3 rings (SSSR count). The van der Waals surface area contributed by atoms with Crippen molar-refractivity contribution in [2.45, 2.75) is 13.5 Å². The van der Waals surface area contributed by atoms with Gasteiger partial charge in [-0.25, -0.2) is 4.98 Å². The highest BCUT2D eigenvalue weighted by Crippen LogP contribution is 2.21. The molecule has 6 heteroatoms. The van der Waals surface area contributed by atoms with Gasteiger partial charge in [-0.1, -0.05) is 17.4 Å². The van der Waals surface area contributed by atoms with Gasteiger partial charge in [0.1, 0.15) is 4.88 Å².